The van der Waals surface area contributed by atoms with Crippen molar-refractivity contribution in [2.24, 2.45) is 5.73 Å². The lowest BCUT2D eigenvalue weighted by molar-refractivity contribution is -0.135. The summed E-state index contributed by atoms with van der Waals surface area (Å²) in [6, 6.07) is 3.58. The number of benzene rings is 1. The van der Waals surface area contributed by atoms with Gasteiger partial charge in [-0.1, -0.05) is 6.92 Å². The van der Waals surface area contributed by atoms with E-state index in [0.717, 1.165) is 17.5 Å². The fraction of sp³-hybridized carbons (Fsp3) is 0.625. The summed E-state index contributed by atoms with van der Waals surface area (Å²) in [5, 5.41) is 0. The zero-order valence-corrected chi connectivity index (χ0v) is 13.3. The number of rotatable bonds is 8. The lowest BCUT2D eigenvalue weighted by atomic mass is 9.99. The van der Waals surface area contributed by atoms with Gasteiger partial charge in [0.15, 0.2) is 0 Å². The highest BCUT2D eigenvalue weighted by Crippen LogP contribution is 2.32. The van der Waals surface area contributed by atoms with Gasteiger partial charge in [0.1, 0.15) is 11.5 Å². The van der Waals surface area contributed by atoms with Crippen LogP contribution >= 0.6 is 0 Å². The third kappa shape index (κ3) is 5.75. The number of alkyl halides is 3. The summed E-state index contributed by atoms with van der Waals surface area (Å²) in [6.45, 7) is 2.00. The summed E-state index contributed by atoms with van der Waals surface area (Å²) in [5.74, 6) is 1.23. The van der Waals surface area contributed by atoms with Crippen molar-refractivity contribution in [2.45, 2.75) is 51.2 Å². The molecule has 0 aromatic heterocycles. The molecule has 2 N–H and O–H groups in total. The zero-order valence-electron chi connectivity index (χ0n) is 13.3. The van der Waals surface area contributed by atoms with E-state index in [1.54, 1.807) is 13.2 Å². The molecule has 126 valence electrons. The van der Waals surface area contributed by atoms with Crippen LogP contribution in [0.4, 0.5) is 13.2 Å². The molecular formula is C16H24F3NO2. The highest BCUT2D eigenvalue weighted by molar-refractivity contribution is 5.47. The Bertz CT molecular complexity index is 475. The van der Waals surface area contributed by atoms with Gasteiger partial charge in [-0.15, -0.1) is 0 Å². The largest absolute Gasteiger partial charge is 0.496 e. The van der Waals surface area contributed by atoms with E-state index < -0.39 is 12.6 Å². The Morgan fingerprint density at radius 3 is 2.14 bits per heavy atom. The summed E-state index contributed by atoms with van der Waals surface area (Å²) in [6.07, 6.45) is -3.15. The highest BCUT2D eigenvalue weighted by atomic mass is 19.4. The number of nitrogens with two attached hydrogens (primary N) is 1. The molecular weight excluding hydrogens is 295 g/mol. The normalized spacial score (nSPS) is 13.0. The molecule has 0 aliphatic carbocycles. The van der Waals surface area contributed by atoms with Crippen molar-refractivity contribution in [3.05, 3.63) is 23.3 Å². The van der Waals surface area contributed by atoms with Gasteiger partial charge in [-0.2, -0.15) is 13.2 Å². The third-order valence-corrected chi connectivity index (χ3v) is 3.60. The molecule has 0 saturated heterocycles. The molecule has 0 radical (unpaired) electrons. The first-order valence-electron chi connectivity index (χ1n) is 7.36. The fourth-order valence-electron chi connectivity index (χ4n) is 2.29. The maximum atomic E-state index is 12.3. The Morgan fingerprint density at radius 1 is 1.09 bits per heavy atom. The minimum Gasteiger partial charge on any atom is -0.496 e. The van der Waals surface area contributed by atoms with Crippen LogP contribution < -0.4 is 15.2 Å². The van der Waals surface area contributed by atoms with E-state index in [2.05, 4.69) is 0 Å². The van der Waals surface area contributed by atoms with E-state index in [-0.39, 0.29) is 12.5 Å². The second kappa shape index (κ2) is 8.27. The van der Waals surface area contributed by atoms with Crippen LogP contribution in [0.25, 0.3) is 0 Å². The molecule has 0 spiro atoms. The third-order valence-electron chi connectivity index (χ3n) is 3.60. The number of hydrogen-bond acceptors (Lipinski definition) is 3. The second-order valence-electron chi connectivity index (χ2n) is 5.32. The van der Waals surface area contributed by atoms with Gasteiger partial charge in [-0.3, -0.25) is 0 Å². The molecule has 1 unspecified atom stereocenters. The number of ether oxygens (including phenoxy) is 2. The van der Waals surface area contributed by atoms with E-state index in [9.17, 15) is 13.2 Å². The molecule has 0 aliphatic rings. The van der Waals surface area contributed by atoms with Crippen LogP contribution in [0.1, 0.15) is 37.3 Å². The van der Waals surface area contributed by atoms with Gasteiger partial charge in [0, 0.05) is 12.5 Å². The van der Waals surface area contributed by atoms with Gasteiger partial charge in [0.05, 0.1) is 14.2 Å². The van der Waals surface area contributed by atoms with Crippen LogP contribution in [0.2, 0.25) is 0 Å². The molecule has 0 amide bonds. The highest BCUT2D eigenvalue weighted by Gasteiger charge is 2.26. The first-order valence-corrected chi connectivity index (χ1v) is 7.36. The standard InChI is InChI=1S/C16H24F3NO2/c1-4-13(20)8-12-10-14(21-2)11(9-15(12)22-3)6-5-7-16(17,18)19/h9-10,13H,4-8,20H2,1-3H3. The average Bonchev–Trinajstić information content (AvgIpc) is 2.46. The predicted molar refractivity (Wildman–Crippen MR) is 80.5 cm³/mol. The van der Waals surface area contributed by atoms with Crippen molar-refractivity contribution < 1.29 is 22.6 Å². The predicted octanol–water partition coefficient (Wildman–Crippen LogP) is 3.87. The Labute approximate surface area is 129 Å². The molecule has 0 aliphatic heterocycles. The van der Waals surface area contributed by atoms with Crippen LogP contribution in [-0.4, -0.2) is 26.4 Å². The maximum absolute atomic E-state index is 12.3. The lowest BCUT2D eigenvalue weighted by Crippen LogP contribution is -2.21. The molecule has 22 heavy (non-hydrogen) atoms. The van der Waals surface area contributed by atoms with E-state index in [0.29, 0.717) is 24.3 Å². The minimum atomic E-state index is -4.13. The maximum Gasteiger partial charge on any atom is 0.389 e. The number of halogens is 3. The quantitative estimate of drug-likeness (QED) is 0.791. The van der Waals surface area contributed by atoms with Crippen molar-refractivity contribution in [2.75, 3.05) is 14.2 Å². The molecule has 1 aromatic carbocycles. The van der Waals surface area contributed by atoms with Gasteiger partial charge in [0.2, 0.25) is 0 Å². The van der Waals surface area contributed by atoms with Crippen molar-refractivity contribution in [3.8, 4) is 11.5 Å². The fourth-order valence-corrected chi connectivity index (χ4v) is 2.29. The van der Waals surface area contributed by atoms with Gasteiger partial charge < -0.3 is 15.2 Å². The average molecular weight is 319 g/mol. The monoisotopic (exact) mass is 319 g/mol. The van der Waals surface area contributed by atoms with Crippen LogP contribution in [0.3, 0.4) is 0 Å². The van der Waals surface area contributed by atoms with Crippen LogP contribution in [0, 0.1) is 0 Å². The number of aryl methyl sites for hydroxylation is 1. The zero-order chi connectivity index (χ0) is 16.8. The molecule has 1 aromatic rings. The molecule has 1 rings (SSSR count). The van der Waals surface area contributed by atoms with E-state index in [1.165, 1.54) is 7.11 Å². The Hall–Kier alpha value is -1.43. The Morgan fingerprint density at radius 2 is 1.64 bits per heavy atom. The van der Waals surface area contributed by atoms with E-state index in [4.69, 9.17) is 15.2 Å². The molecule has 0 bridgehead atoms. The summed E-state index contributed by atoms with van der Waals surface area (Å²) in [4.78, 5) is 0. The van der Waals surface area contributed by atoms with Gasteiger partial charge in [-0.25, -0.2) is 0 Å². The number of hydrogen-bond donors (Lipinski definition) is 1. The van der Waals surface area contributed by atoms with Crippen molar-refractivity contribution >= 4 is 0 Å². The topological polar surface area (TPSA) is 44.5 Å². The number of methoxy groups -OCH3 is 2. The summed E-state index contributed by atoms with van der Waals surface area (Å²) < 4.78 is 47.4. The lowest BCUT2D eigenvalue weighted by Gasteiger charge is -2.17. The van der Waals surface area contributed by atoms with Crippen LogP contribution in [-0.2, 0) is 12.8 Å². The Balaban J connectivity index is 2.93. The Kier molecular flexibility index (Phi) is 7.00. The van der Waals surface area contributed by atoms with Crippen molar-refractivity contribution in [1.29, 1.82) is 0 Å². The second-order valence-corrected chi connectivity index (χ2v) is 5.32. The van der Waals surface area contributed by atoms with E-state index in [1.807, 2.05) is 13.0 Å². The summed E-state index contributed by atoms with van der Waals surface area (Å²) >= 11 is 0. The molecule has 3 nitrogen and oxygen atoms in total. The first kappa shape index (κ1) is 18.6. The molecule has 0 saturated carbocycles. The van der Waals surface area contributed by atoms with Crippen molar-refractivity contribution in [3.63, 3.8) is 0 Å². The first-order chi connectivity index (χ1) is 10.3. The smallest absolute Gasteiger partial charge is 0.389 e. The SMILES string of the molecule is CCC(N)Cc1cc(OC)c(CCCC(F)(F)F)cc1OC. The molecule has 0 heterocycles. The van der Waals surface area contributed by atoms with E-state index >= 15 is 0 Å². The minimum absolute atomic E-state index is 0.00897. The summed E-state index contributed by atoms with van der Waals surface area (Å²) in [7, 11) is 3.06. The van der Waals surface area contributed by atoms with Gasteiger partial charge >= 0.3 is 6.18 Å². The molecule has 0 fully saturated rings. The van der Waals surface area contributed by atoms with Gasteiger partial charge in [0.25, 0.3) is 0 Å². The van der Waals surface area contributed by atoms with Crippen molar-refractivity contribution in [1.82, 2.24) is 0 Å². The molecule has 6 heteroatoms. The molecule has 1 atom stereocenters. The van der Waals surface area contributed by atoms with Crippen LogP contribution in [0.15, 0.2) is 12.1 Å². The van der Waals surface area contributed by atoms with Gasteiger partial charge in [-0.05, 0) is 48.9 Å². The van der Waals surface area contributed by atoms with Crippen LogP contribution in [0.5, 0.6) is 11.5 Å². The summed E-state index contributed by atoms with van der Waals surface area (Å²) in [5.41, 5.74) is 7.60.